The van der Waals surface area contributed by atoms with Crippen LogP contribution in [0.5, 0.6) is 0 Å². The minimum Gasteiger partial charge on any atom is -0.385 e. The molecule has 0 fully saturated rings. The van der Waals surface area contributed by atoms with Crippen LogP contribution in [0, 0.1) is 5.92 Å². The molecule has 2 aromatic rings. The van der Waals surface area contributed by atoms with Gasteiger partial charge in [0.15, 0.2) is 0 Å². The van der Waals surface area contributed by atoms with E-state index in [2.05, 4.69) is 29.4 Å². The van der Waals surface area contributed by atoms with Crippen molar-refractivity contribution < 1.29 is 0 Å². The first kappa shape index (κ1) is 13.5. The van der Waals surface area contributed by atoms with Gasteiger partial charge in [0.2, 0.25) is 0 Å². The Morgan fingerprint density at radius 1 is 1.21 bits per heavy atom. The molecule has 2 rings (SSSR count). The van der Waals surface area contributed by atoms with E-state index in [1.165, 1.54) is 12.8 Å². The van der Waals surface area contributed by atoms with Crippen LogP contribution < -0.4 is 10.9 Å². The molecule has 0 aliphatic rings. The predicted molar refractivity (Wildman–Crippen MR) is 79.4 cm³/mol. The molecule has 1 aromatic carbocycles. The smallest absolute Gasteiger partial charge is 0.264 e. The molecule has 1 atom stereocenters. The van der Waals surface area contributed by atoms with Crippen molar-refractivity contribution in [3.05, 3.63) is 40.7 Å². The van der Waals surface area contributed by atoms with Gasteiger partial charge in [-0.2, -0.15) is 0 Å². The summed E-state index contributed by atoms with van der Waals surface area (Å²) in [6.07, 6.45) is 2.47. The fourth-order valence-electron chi connectivity index (χ4n) is 2.14. The van der Waals surface area contributed by atoms with Gasteiger partial charge in [-0.25, -0.2) is 0 Å². The Balaban J connectivity index is 1.97. The van der Waals surface area contributed by atoms with Crippen LogP contribution in [0.25, 0.3) is 11.3 Å². The lowest BCUT2D eigenvalue weighted by molar-refractivity contribution is 0.551. The van der Waals surface area contributed by atoms with E-state index >= 15 is 0 Å². The van der Waals surface area contributed by atoms with Gasteiger partial charge in [0.1, 0.15) is 0 Å². The second-order valence-corrected chi connectivity index (χ2v) is 5.02. The Labute approximate surface area is 113 Å². The van der Waals surface area contributed by atoms with Gasteiger partial charge in [0, 0.05) is 18.3 Å². The first-order chi connectivity index (χ1) is 9.19. The van der Waals surface area contributed by atoms with Crippen LogP contribution in [-0.2, 0) is 0 Å². The number of H-pyrrole nitrogens is 2. The molecule has 102 valence electrons. The standard InChI is InChI=1S/C15H21N3O/c1-3-4-11(2)10-16-13-7-5-12(6-8-13)14-9-15(19)18-17-14/h5-9,11,16H,3-4,10H2,1-2H3,(H2,17,18,19). The lowest BCUT2D eigenvalue weighted by Crippen LogP contribution is -2.10. The van der Waals surface area contributed by atoms with Gasteiger partial charge in [-0.1, -0.05) is 32.4 Å². The van der Waals surface area contributed by atoms with Crippen molar-refractivity contribution in [1.82, 2.24) is 10.2 Å². The molecule has 0 saturated carbocycles. The average Bonchev–Trinajstić information content (AvgIpc) is 2.84. The summed E-state index contributed by atoms with van der Waals surface area (Å²) < 4.78 is 0. The Morgan fingerprint density at radius 2 is 1.95 bits per heavy atom. The normalized spacial score (nSPS) is 12.3. The molecule has 3 N–H and O–H groups in total. The van der Waals surface area contributed by atoms with Crippen molar-refractivity contribution in [2.45, 2.75) is 26.7 Å². The third-order valence-corrected chi connectivity index (χ3v) is 3.23. The largest absolute Gasteiger partial charge is 0.385 e. The number of nitrogens with one attached hydrogen (secondary N) is 3. The summed E-state index contributed by atoms with van der Waals surface area (Å²) in [4.78, 5) is 11.1. The molecule has 1 aromatic heterocycles. The summed E-state index contributed by atoms with van der Waals surface area (Å²) in [5, 5.41) is 8.82. The minimum absolute atomic E-state index is 0.106. The summed E-state index contributed by atoms with van der Waals surface area (Å²) in [5.74, 6) is 0.686. The van der Waals surface area contributed by atoms with Crippen molar-refractivity contribution in [2.24, 2.45) is 5.92 Å². The van der Waals surface area contributed by atoms with Crippen LogP contribution >= 0.6 is 0 Å². The maximum absolute atomic E-state index is 11.1. The Morgan fingerprint density at radius 3 is 2.53 bits per heavy atom. The monoisotopic (exact) mass is 259 g/mol. The molecule has 0 aliphatic heterocycles. The van der Waals surface area contributed by atoms with E-state index in [0.717, 1.165) is 23.5 Å². The first-order valence-corrected chi connectivity index (χ1v) is 6.81. The molecule has 0 saturated heterocycles. The molecule has 1 unspecified atom stereocenters. The lowest BCUT2D eigenvalue weighted by Gasteiger charge is -2.12. The maximum Gasteiger partial charge on any atom is 0.264 e. The Hall–Kier alpha value is -1.97. The second kappa shape index (κ2) is 6.27. The minimum atomic E-state index is -0.106. The zero-order valence-electron chi connectivity index (χ0n) is 11.5. The number of benzene rings is 1. The molecule has 1 heterocycles. The van der Waals surface area contributed by atoms with Gasteiger partial charge in [0.05, 0.1) is 5.69 Å². The number of aromatic amines is 2. The van der Waals surface area contributed by atoms with Crippen molar-refractivity contribution in [3.8, 4) is 11.3 Å². The van der Waals surface area contributed by atoms with Crippen LogP contribution in [0.4, 0.5) is 5.69 Å². The number of anilines is 1. The van der Waals surface area contributed by atoms with Crippen LogP contribution in [-0.4, -0.2) is 16.7 Å². The summed E-state index contributed by atoms with van der Waals surface area (Å²) in [6.45, 7) is 5.46. The Kier molecular flexibility index (Phi) is 4.44. The zero-order valence-corrected chi connectivity index (χ0v) is 11.5. The van der Waals surface area contributed by atoms with Gasteiger partial charge < -0.3 is 5.32 Å². The molecule has 0 bridgehead atoms. The van der Waals surface area contributed by atoms with E-state index in [0.29, 0.717) is 5.92 Å². The van der Waals surface area contributed by atoms with Crippen LogP contribution in [0.2, 0.25) is 0 Å². The number of aromatic nitrogens is 2. The van der Waals surface area contributed by atoms with Gasteiger partial charge in [-0.05, 0) is 30.0 Å². The Bertz CT molecular complexity index is 553. The van der Waals surface area contributed by atoms with Crippen LogP contribution in [0.15, 0.2) is 35.1 Å². The van der Waals surface area contributed by atoms with Gasteiger partial charge >= 0.3 is 0 Å². The molecule has 0 amide bonds. The van der Waals surface area contributed by atoms with Crippen molar-refractivity contribution in [3.63, 3.8) is 0 Å². The molecule has 19 heavy (non-hydrogen) atoms. The predicted octanol–water partition coefficient (Wildman–Crippen LogP) is 3.22. The SMILES string of the molecule is CCCC(C)CNc1ccc(-c2cc(=O)[nH][nH]2)cc1. The van der Waals surface area contributed by atoms with E-state index in [1.807, 2.05) is 24.3 Å². The number of rotatable bonds is 6. The quantitative estimate of drug-likeness (QED) is 0.746. The summed E-state index contributed by atoms with van der Waals surface area (Å²) >= 11 is 0. The van der Waals surface area contributed by atoms with Crippen molar-refractivity contribution >= 4 is 5.69 Å². The van der Waals surface area contributed by atoms with Crippen LogP contribution in [0.3, 0.4) is 0 Å². The highest BCUT2D eigenvalue weighted by Crippen LogP contribution is 2.18. The summed E-state index contributed by atoms with van der Waals surface area (Å²) in [6, 6.07) is 9.66. The maximum atomic E-state index is 11.1. The second-order valence-electron chi connectivity index (χ2n) is 5.02. The van der Waals surface area contributed by atoms with E-state index in [-0.39, 0.29) is 5.56 Å². The van der Waals surface area contributed by atoms with Gasteiger partial charge in [0.25, 0.3) is 5.56 Å². The van der Waals surface area contributed by atoms with E-state index in [1.54, 1.807) is 6.07 Å². The first-order valence-electron chi connectivity index (χ1n) is 6.81. The molecular weight excluding hydrogens is 238 g/mol. The van der Waals surface area contributed by atoms with E-state index < -0.39 is 0 Å². The number of hydrogen-bond donors (Lipinski definition) is 3. The third-order valence-electron chi connectivity index (χ3n) is 3.23. The average molecular weight is 259 g/mol. The topological polar surface area (TPSA) is 60.7 Å². The van der Waals surface area contributed by atoms with Gasteiger partial charge in [-0.15, -0.1) is 0 Å². The zero-order chi connectivity index (χ0) is 13.7. The van der Waals surface area contributed by atoms with Gasteiger partial charge in [-0.3, -0.25) is 15.0 Å². The molecule has 4 heteroatoms. The summed E-state index contributed by atoms with van der Waals surface area (Å²) in [7, 11) is 0. The highest BCUT2D eigenvalue weighted by molar-refractivity contribution is 5.62. The molecule has 0 spiro atoms. The third kappa shape index (κ3) is 3.74. The molecular formula is C15H21N3O. The molecule has 0 radical (unpaired) electrons. The highest BCUT2D eigenvalue weighted by Gasteiger charge is 2.02. The van der Waals surface area contributed by atoms with Crippen molar-refractivity contribution in [2.75, 3.05) is 11.9 Å². The molecule has 0 aliphatic carbocycles. The highest BCUT2D eigenvalue weighted by atomic mass is 16.1. The summed E-state index contributed by atoms with van der Waals surface area (Å²) in [5.41, 5.74) is 2.83. The van der Waals surface area contributed by atoms with E-state index in [9.17, 15) is 4.79 Å². The molecule has 4 nitrogen and oxygen atoms in total. The fraction of sp³-hybridized carbons (Fsp3) is 0.400. The van der Waals surface area contributed by atoms with Crippen LogP contribution in [0.1, 0.15) is 26.7 Å². The fourth-order valence-corrected chi connectivity index (χ4v) is 2.14. The number of hydrogen-bond acceptors (Lipinski definition) is 2. The lowest BCUT2D eigenvalue weighted by atomic mass is 10.1. The van der Waals surface area contributed by atoms with Crippen molar-refractivity contribution in [1.29, 1.82) is 0 Å². The van der Waals surface area contributed by atoms with E-state index in [4.69, 9.17) is 0 Å².